The first-order valence-corrected chi connectivity index (χ1v) is 6.35. The fourth-order valence-corrected chi connectivity index (χ4v) is 2.23. The molecule has 0 fully saturated rings. The molecule has 100 valence electrons. The van der Waals surface area contributed by atoms with Gasteiger partial charge in [0.05, 0.1) is 6.10 Å². The van der Waals surface area contributed by atoms with Crippen molar-refractivity contribution in [2.75, 3.05) is 0 Å². The monoisotopic (exact) mass is 250 g/mol. The number of carboxylic acids is 1. The molecule has 0 spiro atoms. The lowest BCUT2D eigenvalue weighted by Crippen LogP contribution is -2.24. The van der Waals surface area contributed by atoms with Crippen LogP contribution >= 0.6 is 0 Å². The Labute approximate surface area is 109 Å². The Kier molecular flexibility index (Phi) is 5.35. The van der Waals surface area contributed by atoms with E-state index in [1.54, 1.807) is 6.08 Å². The van der Waals surface area contributed by atoms with Gasteiger partial charge in [0.1, 0.15) is 0 Å². The van der Waals surface area contributed by atoms with E-state index >= 15 is 0 Å². The number of aliphatic hydroxyl groups excluding tert-OH is 1. The first kappa shape index (κ1) is 14.7. The summed E-state index contributed by atoms with van der Waals surface area (Å²) in [4.78, 5) is 11.0. The predicted octanol–water partition coefficient (Wildman–Crippen LogP) is 3.07. The Hall–Kier alpha value is -1.35. The molecule has 3 nitrogen and oxygen atoms in total. The topological polar surface area (TPSA) is 57.5 Å². The summed E-state index contributed by atoms with van der Waals surface area (Å²) in [5.41, 5.74) is 2.44. The molecule has 3 heteroatoms. The normalized spacial score (nSPS) is 25.9. The van der Waals surface area contributed by atoms with E-state index < -0.39 is 18.0 Å². The Balaban J connectivity index is 2.94. The molecule has 0 bridgehead atoms. The predicted molar refractivity (Wildman–Crippen MR) is 72.3 cm³/mol. The molecule has 0 amide bonds. The summed E-state index contributed by atoms with van der Waals surface area (Å²) in [7, 11) is 0. The van der Waals surface area contributed by atoms with Crippen LogP contribution in [0.3, 0.4) is 0 Å². The summed E-state index contributed by atoms with van der Waals surface area (Å²) in [6, 6.07) is 0. The van der Waals surface area contributed by atoms with Crippen molar-refractivity contribution in [3.63, 3.8) is 0 Å². The van der Waals surface area contributed by atoms with Crippen LogP contribution in [0.5, 0.6) is 0 Å². The third-order valence-corrected chi connectivity index (χ3v) is 3.47. The van der Waals surface area contributed by atoms with Crippen molar-refractivity contribution in [3.05, 3.63) is 35.5 Å². The average molecular weight is 250 g/mol. The van der Waals surface area contributed by atoms with Crippen molar-refractivity contribution in [1.29, 1.82) is 0 Å². The zero-order chi connectivity index (χ0) is 13.7. The summed E-state index contributed by atoms with van der Waals surface area (Å²) in [6.45, 7) is 7.61. The van der Waals surface area contributed by atoms with E-state index in [9.17, 15) is 9.90 Å². The van der Waals surface area contributed by atoms with Crippen LogP contribution in [0.2, 0.25) is 0 Å². The molecule has 1 aliphatic carbocycles. The van der Waals surface area contributed by atoms with Gasteiger partial charge in [0.25, 0.3) is 0 Å². The largest absolute Gasteiger partial charge is 0.478 e. The first-order chi connectivity index (χ1) is 8.41. The molecule has 0 aromatic carbocycles. The highest BCUT2D eigenvalue weighted by atomic mass is 16.4. The molecule has 0 radical (unpaired) electrons. The van der Waals surface area contributed by atoms with Crippen LogP contribution in [0.15, 0.2) is 35.5 Å². The standard InChI is InChI=1S/C15H22O3/c1-10-5-4-6-11(2)9-14(16)13(8-7-10)12(3)15(17)18/h5,9,13-14,16H,3-4,6-8H2,1-2H3,(H,17,18)/t13-,14+/m0/s1. The van der Waals surface area contributed by atoms with Gasteiger partial charge in [0.2, 0.25) is 0 Å². The molecule has 1 aliphatic rings. The summed E-state index contributed by atoms with van der Waals surface area (Å²) in [6.07, 6.45) is 6.52. The second kappa shape index (κ2) is 6.55. The van der Waals surface area contributed by atoms with Crippen LogP contribution in [0.4, 0.5) is 0 Å². The van der Waals surface area contributed by atoms with Crippen molar-refractivity contribution < 1.29 is 15.0 Å². The molecule has 2 N–H and O–H groups in total. The number of aliphatic carboxylic acids is 1. The van der Waals surface area contributed by atoms with Crippen LogP contribution in [0.25, 0.3) is 0 Å². The van der Waals surface area contributed by atoms with Gasteiger partial charge in [-0.05, 0) is 39.5 Å². The second-order valence-corrected chi connectivity index (χ2v) is 5.07. The minimum atomic E-state index is -1.02. The average Bonchev–Trinajstić information content (AvgIpc) is 2.27. The molecule has 2 atom stereocenters. The van der Waals surface area contributed by atoms with E-state index in [0.717, 1.165) is 24.8 Å². The maximum atomic E-state index is 11.0. The number of carboxylic acid groups (broad SMARTS) is 1. The number of aliphatic hydroxyl groups is 1. The molecule has 0 aliphatic heterocycles. The fourth-order valence-electron chi connectivity index (χ4n) is 2.23. The minimum Gasteiger partial charge on any atom is -0.478 e. The summed E-state index contributed by atoms with van der Waals surface area (Å²) < 4.78 is 0. The Morgan fingerprint density at radius 1 is 1.33 bits per heavy atom. The van der Waals surface area contributed by atoms with E-state index in [0.29, 0.717) is 6.42 Å². The highest BCUT2D eigenvalue weighted by Crippen LogP contribution is 2.26. The summed E-state index contributed by atoms with van der Waals surface area (Å²) in [5.74, 6) is -1.43. The van der Waals surface area contributed by atoms with Gasteiger partial charge in [0.15, 0.2) is 0 Å². The van der Waals surface area contributed by atoms with Crippen molar-refractivity contribution in [1.82, 2.24) is 0 Å². The number of hydrogen-bond acceptors (Lipinski definition) is 2. The van der Waals surface area contributed by atoms with Gasteiger partial charge in [0, 0.05) is 11.5 Å². The molecule has 0 aromatic rings. The highest BCUT2D eigenvalue weighted by Gasteiger charge is 2.25. The van der Waals surface area contributed by atoms with Crippen molar-refractivity contribution in [2.45, 2.75) is 45.6 Å². The van der Waals surface area contributed by atoms with Crippen LogP contribution < -0.4 is 0 Å². The van der Waals surface area contributed by atoms with E-state index in [1.165, 1.54) is 5.57 Å². The Morgan fingerprint density at radius 3 is 2.61 bits per heavy atom. The third-order valence-electron chi connectivity index (χ3n) is 3.47. The van der Waals surface area contributed by atoms with Gasteiger partial charge >= 0.3 is 5.97 Å². The van der Waals surface area contributed by atoms with Crippen molar-refractivity contribution in [3.8, 4) is 0 Å². The quantitative estimate of drug-likeness (QED) is 0.585. The molecule has 18 heavy (non-hydrogen) atoms. The SMILES string of the molecule is C=C(C(=O)O)[C@@H]1CCC(C)=CCCC(C)=C[C@H]1O. The van der Waals surface area contributed by atoms with Gasteiger partial charge in [-0.1, -0.05) is 29.9 Å². The minimum absolute atomic E-state index is 0.0972. The van der Waals surface area contributed by atoms with Gasteiger partial charge in [-0.15, -0.1) is 0 Å². The van der Waals surface area contributed by atoms with Gasteiger partial charge < -0.3 is 10.2 Å². The lowest BCUT2D eigenvalue weighted by atomic mass is 9.86. The van der Waals surface area contributed by atoms with Gasteiger partial charge in [-0.2, -0.15) is 0 Å². The van der Waals surface area contributed by atoms with E-state index in [2.05, 4.69) is 12.7 Å². The van der Waals surface area contributed by atoms with Gasteiger partial charge in [-0.3, -0.25) is 0 Å². The lowest BCUT2D eigenvalue weighted by Gasteiger charge is -2.22. The molecule has 0 heterocycles. The van der Waals surface area contributed by atoms with Crippen molar-refractivity contribution >= 4 is 5.97 Å². The molecule has 0 saturated carbocycles. The second-order valence-electron chi connectivity index (χ2n) is 5.07. The molecular formula is C15H22O3. The number of allylic oxidation sites excluding steroid dienone is 3. The Morgan fingerprint density at radius 2 is 2.00 bits per heavy atom. The van der Waals surface area contributed by atoms with Crippen LogP contribution in [-0.4, -0.2) is 22.3 Å². The summed E-state index contributed by atoms with van der Waals surface area (Å²) >= 11 is 0. The summed E-state index contributed by atoms with van der Waals surface area (Å²) in [5, 5.41) is 19.2. The van der Waals surface area contributed by atoms with Crippen molar-refractivity contribution in [2.24, 2.45) is 5.92 Å². The zero-order valence-corrected chi connectivity index (χ0v) is 11.1. The van der Waals surface area contributed by atoms with E-state index in [-0.39, 0.29) is 5.57 Å². The smallest absolute Gasteiger partial charge is 0.331 e. The first-order valence-electron chi connectivity index (χ1n) is 6.35. The van der Waals surface area contributed by atoms with Crippen LogP contribution in [0, 0.1) is 5.92 Å². The maximum absolute atomic E-state index is 11.0. The van der Waals surface area contributed by atoms with Crippen LogP contribution in [-0.2, 0) is 4.79 Å². The van der Waals surface area contributed by atoms with Crippen LogP contribution in [0.1, 0.15) is 39.5 Å². The highest BCUT2D eigenvalue weighted by molar-refractivity contribution is 5.86. The zero-order valence-electron chi connectivity index (χ0n) is 11.1. The molecular weight excluding hydrogens is 228 g/mol. The number of carbonyl (C=O) groups is 1. The maximum Gasteiger partial charge on any atom is 0.331 e. The van der Waals surface area contributed by atoms with E-state index in [1.807, 2.05) is 13.8 Å². The van der Waals surface area contributed by atoms with E-state index in [4.69, 9.17) is 5.11 Å². The number of hydrogen-bond donors (Lipinski definition) is 2. The third kappa shape index (κ3) is 4.15. The number of rotatable bonds is 2. The Bertz CT molecular complexity index is 391. The molecule has 0 unspecified atom stereocenters. The molecule has 0 saturated heterocycles. The fraction of sp³-hybridized carbons (Fsp3) is 0.533. The molecule has 1 rings (SSSR count). The molecule has 0 aromatic heterocycles. The lowest BCUT2D eigenvalue weighted by molar-refractivity contribution is -0.133. The van der Waals surface area contributed by atoms with Gasteiger partial charge in [-0.25, -0.2) is 4.79 Å².